The third kappa shape index (κ3) is 7.55. The van der Waals surface area contributed by atoms with Crippen molar-refractivity contribution in [2.24, 2.45) is 0 Å². The second kappa shape index (κ2) is 12.7. The van der Waals surface area contributed by atoms with Gasteiger partial charge in [0.2, 0.25) is 0 Å². The Morgan fingerprint density at radius 2 is 1.48 bits per heavy atom. The average molecular weight is 304 g/mol. The van der Waals surface area contributed by atoms with Gasteiger partial charge in [-0.2, -0.15) is 0 Å². The van der Waals surface area contributed by atoms with Gasteiger partial charge in [0.05, 0.1) is 0 Å². The summed E-state index contributed by atoms with van der Waals surface area (Å²) in [6.07, 6.45) is 3.29. The highest BCUT2D eigenvalue weighted by Gasteiger charge is 2.35. The van der Waals surface area contributed by atoms with Crippen molar-refractivity contribution in [1.82, 2.24) is 0 Å². The van der Waals surface area contributed by atoms with Crippen LogP contribution >= 0.6 is 0 Å². The van der Waals surface area contributed by atoms with Crippen molar-refractivity contribution in [2.45, 2.75) is 24.4 Å². The van der Waals surface area contributed by atoms with E-state index < -0.39 is 24.4 Å². The van der Waals surface area contributed by atoms with Crippen molar-refractivity contribution in [1.29, 1.82) is 0 Å². The van der Waals surface area contributed by atoms with Crippen LogP contribution in [-0.4, -0.2) is 71.2 Å². The van der Waals surface area contributed by atoms with Gasteiger partial charge >= 0.3 is 0 Å². The van der Waals surface area contributed by atoms with Crippen LogP contribution in [-0.2, 0) is 28.4 Å². The van der Waals surface area contributed by atoms with E-state index in [0.29, 0.717) is 0 Å². The van der Waals surface area contributed by atoms with Crippen LogP contribution in [0.3, 0.4) is 0 Å². The molecule has 0 aromatic heterocycles. The van der Waals surface area contributed by atoms with Crippen molar-refractivity contribution < 1.29 is 33.5 Å². The topological polar surface area (TPSA) is 75.6 Å². The molecule has 0 heterocycles. The molecule has 1 N–H and O–H groups in total. The summed E-state index contributed by atoms with van der Waals surface area (Å²) in [6.45, 7) is 3.40. The molecule has 7 nitrogen and oxygen atoms in total. The molecule has 21 heavy (non-hydrogen) atoms. The van der Waals surface area contributed by atoms with Crippen molar-refractivity contribution in [2.75, 3.05) is 41.7 Å². The lowest BCUT2D eigenvalue weighted by Crippen LogP contribution is -2.48. The highest BCUT2D eigenvalue weighted by Crippen LogP contribution is 2.16. The van der Waals surface area contributed by atoms with Crippen LogP contribution < -0.4 is 0 Å². The van der Waals surface area contributed by atoms with Crippen molar-refractivity contribution in [3.05, 3.63) is 12.7 Å². The third-order valence-corrected chi connectivity index (χ3v) is 2.49. The van der Waals surface area contributed by atoms with E-state index in [1.54, 1.807) is 0 Å². The summed E-state index contributed by atoms with van der Waals surface area (Å²) < 4.78 is 30.8. The van der Waals surface area contributed by atoms with E-state index in [1.807, 2.05) is 0 Å². The predicted octanol–water partition coefficient (Wildman–Crippen LogP) is 0.134. The van der Waals surface area contributed by atoms with Gasteiger partial charge in [-0.15, -0.1) is 13.0 Å². The number of hydrogen-bond acceptors (Lipinski definition) is 7. The quantitative estimate of drug-likeness (QED) is 0.294. The Morgan fingerprint density at radius 3 is 1.90 bits per heavy atom. The summed E-state index contributed by atoms with van der Waals surface area (Å²) in [5, 5.41) is 10.0. The number of hydrogen-bond donors (Lipinski definition) is 1. The summed E-state index contributed by atoms with van der Waals surface area (Å²) in [7, 11) is 4.39. The summed E-state index contributed by atoms with van der Waals surface area (Å²) in [6, 6.07) is 0. The molecule has 0 aromatic carbocycles. The van der Waals surface area contributed by atoms with E-state index in [-0.39, 0.29) is 20.4 Å². The van der Waals surface area contributed by atoms with E-state index in [4.69, 9.17) is 34.8 Å². The molecule has 4 atom stereocenters. The first-order chi connectivity index (χ1) is 10.2. The molecule has 0 unspecified atom stereocenters. The zero-order valence-electron chi connectivity index (χ0n) is 12.7. The summed E-state index contributed by atoms with van der Waals surface area (Å²) in [5.74, 6) is 2.43. The number of ether oxygens (including phenoxy) is 6. The first-order valence-electron chi connectivity index (χ1n) is 6.24. The SMILES string of the molecule is C#C[C@H](OCOC)[C@@H](OCOC)[C@H](OCOC)[C@@H](O)C=C. The van der Waals surface area contributed by atoms with Gasteiger partial charge in [0.15, 0.2) is 0 Å². The Hall–Kier alpha value is -0.980. The summed E-state index contributed by atoms with van der Waals surface area (Å²) >= 11 is 0. The van der Waals surface area contributed by atoms with Crippen molar-refractivity contribution >= 4 is 0 Å². The Bertz CT molecular complexity index is 302. The minimum absolute atomic E-state index is 0.0249. The second-order valence-electron chi connectivity index (χ2n) is 3.96. The molecule has 0 aliphatic rings. The van der Waals surface area contributed by atoms with Gasteiger partial charge in [-0.05, 0) is 0 Å². The first kappa shape index (κ1) is 20.0. The third-order valence-electron chi connectivity index (χ3n) is 2.49. The fraction of sp³-hybridized carbons (Fsp3) is 0.714. The molecular weight excluding hydrogens is 280 g/mol. The number of aliphatic hydroxyl groups is 1. The zero-order valence-corrected chi connectivity index (χ0v) is 12.7. The monoisotopic (exact) mass is 304 g/mol. The van der Waals surface area contributed by atoms with Gasteiger partial charge < -0.3 is 33.5 Å². The van der Waals surface area contributed by atoms with Crippen LogP contribution in [0.2, 0.25) is 0 Å². The molecule has 0 saturated heterocycles. The Morgan fingerprint density at radius 1 is 1.00 bits per heavy atom. The van der Waals surface area contributed by atoms with Crippen LogP contribution in [0.1, 0.15) is 0 Å². The number of rotatable bonds is 13. The molecule has 0 spiro atoms. The van der Waals surface area contributed by atoms with Gasteiger partial charge in [0, 0.05) is 21.3 Å². The van der Waals surface area contributed by atoms with Gasteiger partial charge in [-0.1, -0.05) is 12.0 Å². The smallest absolute Gasteiger partial charge is 0.149 e. The normalized spacial score (nSPS) is 16.7. The second-order valence-corrected chi connectivity index (χ2v) is 3.96. The maximum Gasteiger partial charge on any atom is 0.149 e. The minimum Gasteiger partial charge on any atom is -0.386 e. The number of terminal acetylenes is 1. The molecule has 0 saturated carbocycles. The Balaban J connectivity index is 5.07. The van der Waals surface area contributed by atoms with Gasteiger partial charge in [-0.25, -0.2) is 0 Å². The van der Waals surface area contributed by atoms with Gasteiger partial charge in [-0.3, -0.25) is 0 Å². The van der Waals surface area contributed by atoms with Crippen LogP contribution in [0, 0.1) is 12.3 Å². The average Bonchev–Trinajstić information content (AvgIpc) is 2.51. The fourth-order valence-electron chi connectivity index (χ4n) is 1.55. The maximum absolute atomic E-state index is 10.0. The molecule has 0 bridgehead atoms. The Labute approximate surface area is 125 Å². The molecule has 7 heteroatoms. The van der Waals surface area contributed by atoms with Crippen LogP contribution in [0.5, 0.6) is 0 Å². The molecule has 0 amide bonds. The molecule has 0 radical (unpaired) electrons. The molecule has 0 aromatic rings. The van der Waals surface area contributed by atoms with Gasteiger partial charge in [0.25, 0.3) is 0 Å². The molecular formula is C14H24O7. The van der Waals surface area contributed by atoms with Crippen LogP contribution in [0.25, 0.3) is 0 Å². The van der Waals surface area contributed by atoms with Crippen molar-refractivity contribution in [3.8, 4) is 12.3 Å². The van der Waals surface area contributed by atoms with E-state index in [2.05, 4.69) is 12.5 Å². The highest BCUT2D eigenvalue weighted by molar-refractivity contribution is 5.04. The van der Waals surface area contributed by atoms with E-state index in [1.165, 1.54) is 27.4 Å². The zero-order chi connectivity index (χ0) is 16.1. The lowest BCUT2D eigenvalue weighted by molar-refractivity contribution is -0.210. The number of methoxy groups -OCH3 is 3. The van der Waals surface area contributed by atoms with Crippen LogP contribution in [0.4, 0.5) is 0 Å². The standard InChI is InChI=1S/C14H24O7/c1-6-11(15)13(20-9-17-4)14(21-10-18-5)12(7-2)19-8-16-3/h2,6,11-15H,1,8-10H2,3-5H3/t11-,12-,13+,14+/m0/s1. The lowest BCUT2D eigenvalue weighted by atomic mass is 10.0. The molecule has 0 rings (SSSR count). The minimum atomic E-state index is -1.02. The Kier molecular flexibility index (Phi) is 12.1. The summed E-state index contributed by atoms with van der Waals surface area (Å²) in [5.41, 5.74) is 0. The molecule has 122 valence electrons. The largest absolute Gasteiger partial charge is 0.386 e. The molecule has 0 aliphatic carbocycles. The summed E-state index contributed by atoms with van der Waals surface area (Å²) in [4.78, 5) is 0. The van der Waals surface area contributed by atoms with Crippen molar-refractivity contribution in [3.63, 3.8) is 0 Å². The maximum atomic E-state index is 10.0. The van der Waals surface area contributed by atoms with Crippen LogP contribution in [0.15, 0.2) is 12.7 Å². The first-order valence-corrected chi connectivity index (χ1v) is 6.24. The highest BCUT2D eigenvalue weighted by atomic mass is 16.7. The van der Waals surface area contributed by atoms with E-state index in [9.17, 15) is 5.11 Å². The van der Waals surface area contributed by atoms with Gasteiger partial charge in [0.1, 0.15) is 44.8 Å². The number of aliphatic hydroxyl groups excluding tert-OH is 1. The van der Waals surface area contributed by atoms with E-state index in [0.717, 1.165) is 0 Å². The van der Waals surface area contributed by atoms with E-state index >= 15 is 0 Å². The predicted molar refractivity (Wildman–Crippen MR) is 75.3 cm³/mol. The fourth-order valence-corrected chi connectivity index (χ4v) is 1.55. The molecule has 0 fully saturated rings. The molecule has 0 aliphatic heterocycles. The lowest BCUT2D eigenvalue weighted by Gasteiger charge is -2.32.